The standard InChI is InChI=1S/C27H22N4/c1-4-10-19(11-5-1)22-16-23(20-12-6-2-7-13-20)25-24(17-22)30-27-28-18-29-31(27)26(25)21-14-8-3-9-15-21/h1-15,17-18,23,26H,16H2,(H,28,29,30). The minimum Gasteiger partial charge on any atom is -0.324 e. The van der Waals surface area contributed by atoms with Crippen LogP contribution in [-0.2, 0) is 0 Å². The smallest absolute Gasteiger partial charge is 0.226 e. The summed E-state index contributed by atoms with van der Waals surface area (Å²) in [7, 11) is 0. The molecule has 0 saturated heterocycles. The lowest BCUT2D eigenvalue weighted by Crippen LogP contribution is -2.30. The summed E-state index contributed by atoms with van der Waals surface area (Å²) in [6, 6.07) is 32.1. The Morgan fingerprint density at radius 3 is 2.13 bits per heavy atom. The van der Waals surface area contributed by atoms with Crippen molar-refractivity contribution in [2.75, 3.05) is 5.32 Å². The molecule has 2 unspecified atom stereocenters. The maximum Gasteiger partial charge on any atom is 0.226 e. The van der Waals surface area contributed by atoms with Gasteiger partial charge in [0.2, 0.25) is 5.95 Å². The molecule has 4 nitrogen and oxygen atoms in total. The topological polar surface area (TPSA) is 42.7 Å². The highest BCUT2D eigenvalue weighted by molar-refractivity contribution is 5.75. The van der Waals surface area contributed by atoms with E-state index in [1.807, 2.05) is 4.68 Å². The van der Waals surface area contributed by atoms with Gasteiger partial charge in [-0.15, -0.1) is 0 Å². The first-order chi connectivity index (χ1) is 15.4. The summed E-state index contributed by atoms with van der Waals surface area (Å²) in [5.41, 5.74) is 7.62. The molecule has 1 aromatic heterocycles. The molecular formula is C27H22N4. The van der Waals surface area contributed by atoms with Crippen molar-refractivity contribution in [2.24, 2.45) is 0 Å². The van der Waals surface area contributed by atoms with Crippen LogP contribution in [0.3, 0.4) is 0 Å². The first kappa shape index (κ1) is 17.9. The molecular weight excluding hydrogens is 380 g/mol. The maximum atomic E-state index is 4.60. The lowest BCUT2D eigenvalue weighted by molar-refractivity contribution is 0.535. The molecule has 0 saturated carbocycles. The summed E-state index contributed by atoms with van der Waals surface area (Å²) >= 11 is 0. The Kier molecular flexibility index (Phi) is 4.27. The van der Waals surface area contributed by atoms with Crippen molar-refractivity contribution in [3.8, 4) is 0 Å². The van der Waals surface area contributed by atoms with E-state index in [9.17, 15) is 0 Å². The second kappa shape index (κ2) is 7.40. The molecule has 150 valence electrons. The van der Waals surface area contributed by atoms with Crippen molar-refractivity contribution in [3.63, 3.8) is 0 Å². The third kappa shape index (κ3) is 3.08. The third-order valence-corrected chi connectivity index (χ3v) is 6.25. The first-order valence-electron chi connectivity index (χ1n) is 10.6. The molecule has 0 fully saturated rings. The number of rotatable bonds is 3. The summed E-state index contributed by atoms with van der Waals surface area (Å²) in [5.74, 6) is 1.02. The van der Waals surface area contributed by atoms with Gasteiger partial charge in [-0.05, 0) is 40.3 Å². The molecule has 4 heteroatoms. The Morgan fingerprint density at radius 1 is 0.774 bits per heavy atom. The molecule has 6 rings (SSSR count). The van der Waals surface area contributed by atoms with Crippen LogP contribution in [0.2, 0.25) is 0 Å². The second-order valence-corrected chi connectivity index (χ2v) is 8.04. The van der Waals surface area contributed by atoms with Gasteiger partial charge in [-0.25, -0.2) is 4.68 Å². The van der Waals surface area contributed by atoms with E-state index in [0.717, 1.165) is 18.1 Å². The van der Waals surface area contributed by atoms with Crippen LogP contribution < -0.4 is 5.32 Å². The summed E-state index contributed by atoms with van der Waals surface area (Å²) < 4.78 is 2.02. The zero-order chi connectivity index (χ0) is 20.6. The zero-order valence-corrected chi connectivity index (χ0v) is 17.0. The molecule has 0 bridgehead atoms. The van der Waals surface area contributed by atoms with Crippen LogP contribution in [0.1, 0.15) is 35.1 Å². The highest BCUT2D eigenvalue weighted by Gasteiger charge is 2.37. The first-order valence-corrected chi connectivity index (χ1v) is 10.6. The van der Waals surface area contributed by atoms with Crippen LogP contribution in [0.25, 0.3) is 5.57 Å². The minimum absolute atomic E-state index is 0.00808. The number of benzene rings is 3. The molecule has 0 amide bonds. The van der Waals surface area contributed by atoms with Gasteiger partial charge in [0.05, 0.1) is 0 Å². The van der Waals surface area contributed by atoms with Crippen LogP contribution in [0.15, 0.2) is 115 Å². The lowest BCUT2D eigenvalue weighted by Gasteiger charge is -2.37. The van der Waals surface area contributed by atoms with Crippen LogP contribution in [0, 0.1) is 0 Å². The fourth-order valence-electron chi connectivity index (χ4n) is 4.85. The Balaban J connectivity index is 1.58. The molecule has 1 aliphatic heterocycles. The SMILES string of the molecule is C1=C(c2ccccc2)CC(c2ccccc2)C2=C1Nc1ncnn1C2c1ccccc1. The summed E-state index contributed by atoms with van der Waals surface area (Å²) in [6.45, 7) is 0. The molecule has 2 aliphatic rings. The van der Waals surface area contributed by atoms with Gasteiger partial charge in [-0.2, -0.15) is 10.1 Å². The molecule has 4 aromatic rings. The molecule has 0 spiro atoms. The van der Waals surface area contributed by atoms with Gasteiger partial charge >= 0.3 is 0 Å². The molecule has 0 radical (unpaired) electrons. The quantitative estimate of drug-likeness (QED) is 0.470. The minimum atomic E-state index is 0.00808. The average molecular weight is 403 g/mol. The van der Waals surface area contributed by atoms with Crippen molar-refractivity contribution in [1.29, 1.82) is 0 Å². The average Bonchev–Trinajstić information content (AvgIpc) is 3.31. The van der Waals surface area contributed by atoms with Crippen LogP contribution >= 0.6 is 0 Å². The normalized spacial score (nSPS) is 19.8. The molecule has 1 N–H and O–H groups in total. The van der Waals surface area contributed by atoms with Crippen molar-refractivity contribution in [3.05, 3.63) is 131 Å². The van der Waals surface area contributed by atoms with Gasteiger partial charge in [0.1, 0.15) is 12.4 Å². The van der Waals surface area contributed by atoms with E-state index in [-0.39, 0.29) is 12.0 Å². The van der Waals surface area contributed by atoms with Gasteiger partial charge in [0, 0.05) is 11.6 Å². The highest BCUT2D eigenvalue weighted by atomic mass is 15.4. The van der Waals surface area contributed by atoms with E-state index < -0.39 is 0 Å². The number of nitrogens with zero attached hydrogens (tertiary/aromatic N) is 3. The second-order valence-electron chi connectivity index (χ2n) is 8.04. The molecule has 3 aromatic carbocycles. The van der Waals surface area contributed by atoms with E-state index in [4.69, 9.17) is 0 Å². The van der Waals surface area contributed by atoms with Crippen LogP contribution in [0.4, 0.5) is 5.95 Å². The van der Waals surface area contributed by atoms with Crippen molar-refractivity contribution < 1.29 is 0 Å². The number of allylic oxidation sites excluding steroid dienone is 3. The Labute approximate surface area is 181 Å². The fourth-order valence-corrected chi connectivity index (χ4v) is 4.85. The molecule has 2 heterocycles. The Hall–Kier alpha value is -3.92. The number of nitrogens with one attached hydrogen (secondary N) is 1. The molecule has 31 heavy (non-hydrogen) atoms. The van der Waals surface area contributed by atoms with Gasteiger partial charge in [-0.1, -0.05) is 91.0 Å². The molecule has 2 atom stereocenters. The summed E-state index contributed by atoms with van der Waals surface area (Å²) in [6.07, 6.45) is 4.89. The van der Waals surface area contributed by atoms with Crippen LogP contribution in [-0.4, -0.2) is 14.8 Å². The van der Waals surface area contributed by atoms with E-state index in [0.29, 0.717) is 0 Å². The number of hydrogen-bond acceptors (Lipinski definition) is 3. The molecule has 1 aliphatic carbocycles. The fraction of sp³-hybridized carbons (Fsp3) is 0.111. The van der Waals surface area contributed by atoms with Crippen LogP contribution in [0.5, 0.6) is 0 Å². The lowest BCUT2D eigenvalue weighted by atomic mass is 9.74. The van der Waals surface area contributed by atoms with E-state index in [2.05, 4.69) is 112 Å². The van der Waals surface area contributed by atoms with E-state index >= 15 is 0 Å². The van der Waals surface area contributed by atoms with Gasteiger partial charge in [0.15, 0.2) is 0 Å². The maximum absolute atomic E-state index is 4.60. The number of fused-ring (bicyclic) bond motifs is 1. The van der Waals surface area contributed by atoms with Gasteiger partial charge < -0.3 is 5.32 Å². The van der Waals surface area contributed by atoms with Gasteiger partial charge in [-0.3, -0.25) is 0 Å². The number of aromatic nitrogens is 3. The predicted octanol–water partition coefficient (Wildman–Crippen LogP) is 5.82. The number of hydrogen-bond donors (Lipinski definition) is 1. The van der Waals surface area contributed by atoms with Gasteiger partial charge in [0.25, 0.3) is 0 Å². The van der Waals surface area contributed by atoms with E-state index in [1.165, 1.54) is 27.8 Å². The summed E-state index contributed by atoms with van der Waals surface area (Å²) in [4.78, 5) is 4.50. The van der Waals surface area contributed by atoms with Crippen molar-refractivity contribution >= 4 is 11.5 Å². The monoisotopic (exact) mass is 402 g/mol. The Bertz CT molecular complexity index is 1270. The Morgan fingerprint density at radius 2 is 1.42 bits per heavy atom. The van der Waals surface area contributed by atoms with Crippen molar-refractivity contribution in [2.45, 2.75) is 18.4 Å². The zero-order valence-electron chi connectivity index (χ0n) is 17.0. The van der Waals surface area contributed by atoms with Crippen molar-refractivity contribution in [1.82, 2.24) is 14.8 Å². The third-order valence-electron chi connectivity index (χ3n) is 6.25. The highest BCUT2D eigenvalue weighted by Crippen LogP contribution is 2.49. The predicted molar refractivity (Wildman–Crippen MR) is 123 cm³/mol. The number of anilines is 1. The largest absolute Gasteiger partial charge is 0.324 e. The summed E-state index contributed by atoms with van der Waals surface area (Å²) in [5, 5.41) is 8.17. The van der Waals surface area contributed by atoms with E-state index in [1.54, 1.807) is 6.33 Å².